The third kappa shape index (κ3) is 2.74. The molecule has 1 amide bonds. The molecular weight excluding hydrogens is 304 g/mol. The quantitative estimate of drug-likeness (QED) is 0.605. The second-order valence-corrected chi connectivity index (χ2v) is 5.37. The normalized spacial score (nSPS) is 10.8. The summed E-state index contributed by atoms with van der Waals surface area (Å²) in [7, 11) is 0. The van der Waals surface area contributed by atoms with Gasteiger partial charge in [-0.3, -0.25) is 9.89 Å². The van der Waals surface area contributed by atoms with Gasteiger partial charge in [0.25, 0.3) is 5.91 Å². The van der Waals surface area contributed by atoms with E-state index >= 15 is 0 Å². The lowest BCUT2D eigenvalue weighted by Gasteiger charge is -2.06. The van der Waals surface area contributed by atoms with Gasteiger partial charge in [0.05, 0.1) is 12.1 Å². The molecule has 118 valence electrons. The van der Waals surface area contributed by atoms with Gasteiger partial charge in [0.15, 0.2) is 5.69 Å². The van der Waals surface area contributed by atoms with E-state index in [-0.39, 0.29) is 5.91 Å². The molecule has 0 saturated heterocycles. The first-order valence-electron chi connectivity index (χ1n) is 7.45. The zero-order valence-corrected chi connectivity index (χ0v) is 12.7. The summed E-state index contributed by atoms with van der Waals surface area (Å²) in [5.41, 5.74) is 2.95. The van der Waals surface area contributed by atoms with Crippen molar-refractivity contribution in [2.75, 3.05) is 5.32 Å². The molecule has 0 aliphatic carbocycles. The molecular formula is C17H14N6O. The topological polar surface area (TPSA) is 88.5 Å². The van der Waals surface area contributed by atoms with E-state index < -0.39 is 0 Å². The molecule has 2 aromatic carbocycles. The Morgan fingerprint density at radius 1 is 1.17 bits per heavy atom. The Bertz CT molecular complexity index is 989. The lowest BCUT2D eigenvalue weighted by Crippen LogP contribution is -2.13. The van der Waals surface area contributed by atoms with E-state index in [2.05, 4.69) is 25.6 Å². The van der Waals surface area contributed by atoms with Gasteiger partial charge in [-0.1, -0.05) is 30.3 Å². The van der Waals surface area contributed by atoms with Crippen LogP contribution in [0.3, 0.4) is 0 Å². The van der Waals surface area contributed by atoms with E-state index in [0.717, 1.165) is 16.5 Å². The molecule has 2 heterocycles. The first-order chi connectivity index (χ1) is 11.8. The van der Waals surface area contributed by atoms with Crippen LogP contribution in [0.4, 0.5) is 5.69 Å². The van der Waals surface area contributed by atoms with E-state index in [9.17, 15) is 4.79 Å². The predicted octanol–water partition coefficient (Wildman–Crippen LogP) is 2.46. The Kier molecular flexibility index (Phi) is 3.51. The molecule has 0 aliphatic rings. The Balaban J connectivity index is 1.55. The third-order valence-electron chi connectivity index (χ3n) is 3.68. The number of H-pyrrole nitrogens is 1. The summed E-state index contributed by atoms with van der Waals surface area (Å²) in [6.07, 6.45) is 3.15. The van der Waals surface area contributed by atoms with Crippen molar-refractivity contribution in [2.24, 2.45) is 0 Å². The highest BCUT2D eigenvalue weighted by Gasteiger charge is 2.14. The van der Waals surface area contributed by atoms with Crippen LogP contribution in [0.2, 0.25) is 0 Å². The van der Waals surface area contributed by atoms with E-state index in [1.807, 2.05) is 48.5 Å². The molecule has 0 spiro atoms. The van der Waals surface area contributed by atoms with Gasteiger partial charge < -0.3 is 5.32 Å². The largest absolute Gasteiger partial charge is 0.321 e. The number of anilines is 1. The van der Waals surface area contributed by atoms with Crippen LogP contribution in [0, 0.1) is 0 Å². The molecule has 4 rings (SSSR count). The molecule has 0 atom stereocenters. The molecule has 7 heteroatoms. The minimum Gasteiger partial charge on any atom is -0.321 e. The number of benzene rings is 2. The monoisotopic (exact) mass is 318 g/mol. The Hall–Kier alpha value is -3.48. The summed E-state index contributed by atoms with van der Waals surface area (Å²) in [5, 5.41) is 14.8. The Labute approximate surface area is 137 Å². The third-order valence-corrected chi connectivity index (χ3v) is 3.68. The van der Waals surface area contributed by atoms with Crippen molar-refractivity contribution in [1.29, 1.82) is 0 Å². The second-order valence-electron chi connectivity index (χ2n) is 5.37. The number of hydrogen-bond acceptors (Lipinski definition) is 4. The fourth-order valence-corrected chi connectivity index (χ4v) is 2.58. The lowest BCUT2D eigenvalue weighted by molar-refractivity contribution is 0.102. The molecule has 0 unspecified atom stereocenters. The van der Waals surface area contributed by atoms with Crippen LogP contribution in [0.15, 0.2) is 61.2 Å². The number of carbonyl (C=O) groups is 1. The zero-order valence-electron chi connectivity index (χ0n) is 12.7. The fraction of sp³-hybridized carbons (Fsp3) is 0.0588. The van der Waals surface area contributed by atoms with Gasteiger partial charge in [0, 0.05) is 11.1 Å². The van der Waals surface area contributed by atoms with Crippen LogP contribution in [-0.4, -0.2) is 30.9 Å². The van der Waals surface area contributed by atoms with Gasteiger partial charge in [0.2, 0.25) is 0 Å². The minimum atomic E-state index is -0.245. The summed E-state index contributed by atoms with van der Waals surface area (Å²) in [5.74, 6) is -0.245. The van der Waals surface area contributed by atoms with Crippen LogP contribution in [0.1, 0.15) is 16.1 Å². The standard InChI is InChI=1S/C17H14N6O/c24-17(16-14-6-1-2-7-15(14)21-22-16)20-13-5-3-4-12(8-13)9-23-11-18-10-19-23/h1-8,10-11H,9H2,(H,20,24)(H,21,22). The smallest absolute Gasteiger partial charge is 0.276 e. The Morgan fingerprint density at radius 3 is 2.96 bits per heavy atom. The van der Waals surface area contributed by atoms with Crippen LogP contribution >= 0.6 is 0 Å². The lowest BCUT2D eigenvalue weighted by atomic mass is 10.2. The first kappa shape index (κ1) is 14.1. The predicted molar refractivity (Wildman–Crippen MR) is 89.6 cm³/mol. The molecule has 0 saturated carbocycles. The van der Waals surface area contributed by atoms with Gasteiger partial charge in [-0.25, -0.2) is 9.67 Å². The number of hydrogen-bond donors (Lipinski definition) is 2. The maximum Gasteiger partial charge on any atom is 0.276 e. The Morgan fingerprint density at radius 2 is 2.08 bits per heavy atom. The molecule has 4 aromatic rings. The van der Waals surface area contributed by atoms with Crippen molar-refractivity contribution in [3.8, 4) is 0 Å². The van der Waals surface area contributed by atoms with Crippen LogP contribution < -0.4 is 5.32 Å². The first-order valence-corrected chi connectivity index (χ1v) is 7.45. The highest BCUT2D eigenvalue weighted by atomic mass is 16.1. The molecule has 7 nitrogen and oxygen atoms in total. The van der Waals surface area contributed by atoms with Crippen molar-refractivity contribution < 1.29 is 4.79 Å². The number of aromatic amines is 1. The van der Waals surface area contributed by atoms with Crippen molar-refractivity contribution in [1.82, 2.24) is 25.0 Å². The summed E-state index contributed by atoms with van der Waals surface area (Å²) in [4.78, 5) is 16.4. The molecule has 2 aromatic heterocycles. The summed E-state index contributed by atoms with van der Waals surface area (Å²) < 4.78 is 1.72. The maximum absolute atomic E-state index is 12.5. The van der Waals surface area contributed by atoms with Gasteiger partial charge in [-0.2, -0.15) is 10.2 Å². The van der Waals surface area contributed by atoms with Gasteiger partial charge in [-0.15, -0.1) is 0 Å². The van der Waals surface area contributed by atoms with Gasteiger partial charge in [-0.05, 0) is 23.8 Å². The van der Waals surface area contributed by atoms with Gasteiger partial charge in [0.1, 0.15) is 12.7 Å². The van der Waals surface area contributed by atoms with Gasteiger partial charge >= 0.3 is 0 Å². The van der Waals surface area contributed by atoms with E-state index in [0.29, 0.717) is 17.9 Å². The number of aromatic nitrogens is 5. The number of nitrogens with zero attached hydrogens (tertiary/aromatic N) is 4. The number of rotatable bonds is 4. The van der Waals surface area contributed by atoms with E-state index in [1.165, 1.54) is 6.33 Å². The van der Waals surface area contributed by atoms with Crippen molar-refractivity contribution >= 4 is 22.5 Å². The number of para-hydroxylation sites is 1. The molecule has 0 fully saturated rings. The average Bonchev–Trinajstić information content (AvgIpc) is 3.24. The van der Waals surface area contributed by atoms with E-state index in [4.69, 9.17) is 0 Å². The molecule has 2 N–H and O–H groups in total. The second kappa shape index (κ2) is 5.96. The van der Waals surface area contributed by atoms with Crippen LogP contribution in [-0.2, 0) is 6.54 Å². The average molecular weight is 318 g/mol. The minimum absolute atomic E-state index is 0.245. The highest BCUT2D eigenvalue weighted by Crippen LogP contribution is 2.18. The van der Waals surface area contributed by atoms with Crippen LogP contribution in [0.25, 0.3) is 10.9 Å². The fourth-order valence-electron chi connectivity index (χ4n) is 2.58. The molecule has 0 bridgehead atoms. The van der Waals surface area contributed by atoms with E-state index in [1.54, 1.807) is 11.0 Å². The highest BCUT2D eigenvalue weighted by molar-refractivity contribution is 6.11. The number of nitrogens with one attached hydrogen (secondary N) is 2. The molecule has 0 aliphatic heterocycles. The zero-order chi connectivity index (χ0) is 16.4. The molecule has 24 heavy (non-hydrogen) atoms. The SMILES string of the molecule is O=C(Nc1cccc(Cn2cncn2)c1)c1n[nH]c2ccccc12. The summed E-state index contributed by atoms with van der Waals surface area (Å²) >= 11 is 0. The number of fused-ring (bicyclic) bond motifs is 1. The number of carbonyl (C=O) groups excluding carboxylic acids is 1. The van der Waals surface area contributed by atoms with Crippen LogP contribution in [0.5, 0.6) is 0 Å². The number of amides is 1. The van der Waals surface area contributed by atoms with Crippen molar-refractivity contribution in [3.05, 3.63) is 72.4 Å². The maximum atomic E-state index is 12.5. The van der Waals surface area contributed by atoms with Crippen molar-refractivity contribution in [2.45, 2.75) is 6.54 Å². The summed E-state index contributed by atoms with van der Waals surface area (Å²) in [6, 6.07) is 15.2. The van der Waals surface area contributed by atoms with Crippen molar-refractivity contribution in [3.63, 3.8) is 0 Å². The molecule has 0 radical (unpaired) electrons. The summed E-state index contributed by atoms with van der Waals surface area (Å²) in [6.45, 7) is 0.592.